The van der Waals surface area contributed by atoms with Crippen LogP contribution in [0.2, 0.25) is 0 Å². The van der Waals surface area contributed by atoms with Crippen LogP contribution in [-0.2, 0) is 13.0 Å². The van der Waals surface area contributed by atoms with Crippen LogP contribution in [0.25, 0.3) is 0 Å². The van der Waals surface area contributed by atoms with Crippen molar-refractivity contribution >= 4 is 5.69 Å². The lowest BCUT2D eigenvalue weighted by Crippen LogP contribution is -2.01. The smallest absolute Gasteiger partial charge is 0.150 e. The predicted octanol–water partition coefficient (Wildman–Crippen LogP) is 2.68. The largest absolute Gasteiger partial charge is 0.378 e. The maximum absolute atomic E-state index is 4.40. The Labute approximate surface area is 101 Å². The third-order valence-corrected chi connectivity index (χ3v) is 2.56. The zero-order chi connectivity index (χ0) is 12.1. The molecular weight excluding hydrogens is 212 g/mol. The van der Waals surface area contributed by atoms with E-state index in [1.165, 1.54) is 5.56 Å². The fraction of sp³-hybridized carbons (Fsp3) is 0.385. The maximum Gasteiger partial charge on any atom is 0.150 e. The van der Waals surface area contributed by atoms with E-state index in [-0.39, 0.29) is 0 Å². The molecule has 0 aliphatic heterocycles. The van der Waals surface area contributed by atoms with Crippen LogP contribution in [0.3, 0.4) is 0 Å². The van der Waals surface area contributed by atoms with Gasteiger partial charge in [0.25, 0.3) is 0 Å². The van der Waals surface area contributed by atoms with Gasteiger partial charge in [-0.15, -0.1) is 0 Å². The molecule has 1 heterocycles. The molecule has 0 fully saturated rings. The first-order valence-electron chi connectivity index (χ1n) is 5.98. The summed E-state index contributed by atoms with van der Waals surface area (Å²) in [6.07, 6.45) is 2.00. The van der Waals surface area contributed by atoms with Crippen LogP contribution in [0.1, 0.15) is 30.6 Å². The molecule has 0 radical (unpaired) electrons. The van der Waals surface area contributed by atoms with Gasteiger partial charge in [-0.2, -0.15) is 5.10 Å². The van der Waals surface area contributed by atoms with Crippen LogP contribution in [-0.4, -0.2) is 15.2 Å². The van der Waals surface area contributed by atoms with E-state index in [1.54, 1.807) is 0 Å². The summed E-state index contributed by atoms with van der Waals surface area (Å²) < 4.78 is 0. The molecule has 1 aromatic heterocycles. The van der Waals surface area contributed by atoms with Crippen LogP contribution in [0.4, 0.5) is 5.69 Å². The summed E-state index contributed by atoms with van der Waals surface area (Å²) >= 11 is 0. The van der Waals surface area contributed by atoms with E-state index in [4.69, 9.17) is 0 Å². The summed E-state index contributed by atoms with van der Waals surface area (Å²) in [5.74, 6) is 1.78. The first-order chi connectivity index (χ1) is 8.28. The van der Waals surface area contributed by atoms with Crippen molar-refractivity contribution in [1.29, 1.82) is 0 Å². The zero-order valence-corrected chi connectivity index (χ0v) is 10.3. The summed E-state index contributed by atoms with van der Waals surface area (Å²) in [6, 6.07) is 8.31. The zero-order valence-electron chi connectivity index (χ0n) is 10.3. The third-order valence-electron chi connectivity index (χ3n) is 2.56. The highest BCUT2D eigenvalue weighted by molar-refractivity contribution is 5.44. The Morgan fingerprint density at radius 1 is 1.24 bits per heavy atom. The molecule has 0 aliphatic carbocycles. The summed E-state index contributed by atoms with van der Waals surface area (Å²) in [5, 5.41) is 10.4. The summed E-state index contributed by atoms with van der Waals surface area (Å²) in [4.78, 5) is 4.40. The quantitative estimate of drug-likeness (QED) is 0.830. The highest BCUT2D eigenvalue weighted by Crippen LogP contribution is 2.09. The van der Waals surface area contributed by atoms with Gasteiger partial charge in [-0.05, 0) is 25.5 Å². The first-order valence-corrected chi connectivity index (χ1v) is 5.98. The molecule has 2 aromatic rings. The predicted molar refractivity (Wildman–Crippen MR) is 68.9 cm³/mol. The molecule has 4 nitrogen and oxygen atoms in total. The van der Waals surface area contributed by atoms with Crippen LogP contribution in [0.5, 0.6) is 0 Å². The fourth-order valence-corrected chi connectivity index (χ4v) is 1.61. The molecule has 2 rings (SSSR count). The Morgan fingerprint density at radius 2 is 2.00 bits per heavy atom. The van der Waals surface area contributed by atoms with Gasteiger partial charge >= 0.3 is 0 Å². The van der Waals surface area contributed by atoms with Crippen molar-refractivity contribution in [3.05, 3.63) is 41.5 Å². The van der Waals surface area contributed by atoms with Gasteiger partial charge in [-0.25, -0.2) is 4.98 Å². The molecular formula is C13H18N4. The lowest BCUT2D eigenvalue weighted by Gasteiger charge is -2.03. The van der Waals surface area contributed by atoms with Gasteiger partial charge < -0.3 is 5.32 Å². The number of H-pyrrole nitrogens is 1. The molecule has 0 saturated carbocycles. The first kappa shape index (κ1) is 11.6. The van der Waals surface area contributed by atoms with E-state index in [0.29, 0.717) is 6.54 Å². The number of aromatic nitrogens is 3. The van der Waals surface area contributed by atoms with Gasteiger partial charge in [0.15, 0.2) is 5.82 Å². The molecule has 1 aromatic carbocycles. The molecule has 0 aliphatic rings. The number of nitrogens with one attached hydrogen (secondary N) is 2. The highest BCUT2D eigenvalue weighted by Gasteiger charge is 2.01. The van der Waals surface area contributed by atoms with Crippen molar-refractivity contribution in [3.63, 3.8) is 0 Å². The molecule has 0 atom stereocenters. The molecule has 0 spiro atoms. The average molecular weight is 230 g/mol. The van der Waals surface area contributed by atoms with E-state index in [2.05, 4.69) is 58.6 Å². The Kier molecular flexibility index (Phi) is 3.75. The lowest BCUT2D eigenvalue weighted by molar-refractivity contribution is 0.841. The minimum absolute atomic E-state index is 0.680. The molecule has 90 valence electrons. The van der Waals surface area contributed by atoms with Crippen LogP contribution in [0.15, 0.2) is 24.3 Å². The molecule has 17 heavy (non-hydrogen) atoms. The number of hydrogen-bond acceptors (Lipinski definition) is 3. The monoisotopic (exact) mass is 230 g/mol. The number of nitrogens with zero attached hydrogens (tertiary/aromatic N) is 2. The standard InChI is InChI=1S/C13H18N4/c1-3-4-12-15-13(17-16-12)9-14-11-7-5-10(2)6-8-11/h5-8,14H,3-4,9H2,1-2H3,(H,15,16,17). The maximum atomic E-state index is 4.40. The average Bonchev–Trinajstić information content (AvgIpc) is 2.77. The van der Waals surface area contributed by atoms with Crippen LogP contribution < -0.4 is 5.32 Å². The fourth-order valence-electron chi connectivity index (χ4n) is 1.61. The Bertz CT molecular complexity index is 459. The normalized spacial score (nSPS) is 10.5. The van der Waals surface area contributed by atoms with Gasteiger partial charge in [0, 0.05) is 12.1 Å². The highest BCUT2D eigenvalue weighted by atomic mass is 15.2. The topological polar surface area (TPSA) is 53.6 Å². The van der Waals surface area contributed by atoms with E-state index in [9.17, 15) is 0 Å². The number of benzene rings is 1. The minimum Gasteiger partial charge on any atom is -0.378 e. The summed E-state index contributed by atoms with van der Waals surface area (Å²) in [7, 11) is 0. The molecule has 0 bridgehead atoms. The number of aromatic amines is 1. The van der Waals surface area contributed by atoms with Crippen LogP contribution >= 0.6 is 0 Å². The summed E-state index contributed by atoms with van der Waals surface area (Å²) in [6.45, 7) is 4.89. The van der Waals surface area contributed by atoms with E-state index < -0.39 is 0 Å². The number of anilines is 1. The van der Waals surface area contributed by atoms with E-state index >= 15 is 0 Å². The van der Waals surface area contributed by atoms with Gasteiger partial charge in [-0.1, -0.05) is 24.6 Å². The van der Waals surface area contributed by atoms with Crippen LogP contribution in [0, 0.1) is 6.92 Å². The SMILES string of the molecule is CCCc1n[nH]c(CNc2ccc(C)cc2)n1. The number of hydrogen-bond donors (Lipinski definition) is 2. The van der Waals surface area contributed by atoms with Gasteiger partial charge in [0.1, 0.15) is 5.82 Å². The van der Waals surface area contributed by atoms with Crippen molar-refractivity contribution in [2.45, 2.75) is 33.2 Å². The molecule has 0 saturated heterocycles. The number of aryl methyl sites for hydroxylation is 2. The van der Waals surface area contributed by atoms with Crippen molar-refractivity contribution in [2.24, 2.45) is 0 Å². The van der Waals surface area contributed by atoms with Crippen molar-refractivity contribution in [3.8, 4) is 0 Å². The second-order valence-corrected chi connectivity index (χ2v) is 4.17. The van der Waals surface area contributed by atoms with Gasteiger partial charge in [-0.3, -0.25) is 5.10 Å². The second-order valence-electron chi connectivity index (χ2n) is 4.17. The Morgan fingerprint density at radius 3 is 2.71 bits per heavy atom. The molecule has 0 amide bonds. The number of rotatable bonds is 5. The summed E-state index contributed by atoms with van der Waals surface area (Å²) in [5.41, 5.74) is 2.37. The molecule has 2 N–H and O–H groups in total. The molecule has 0 unspecified atom stereocenters. The van der Waals surface area contributed by atoms with Crippen molar-refractivity contribution in [1.82, 2.24) is 15.2 Å². The lowest BCUT2D eigenvalue weighted by atomic mass is 10.2. The van der Waals surface area contributed by atoms with Crippen molar-refractivity contribution in [2.75, 3.05) is 5.32 Å². The minimum atomic E-state index is 0.680. The second kappa shape index (κ2) is 5.48. The molecule has 4 heteroatoms. The van der Waals surface area contributed by atoms with Gasteiger partial charge in [0.2, 0.25) is 0 Å². The van der Waals surface area contributed by atoms with Gasteiger partial charge in [0.05, 0.1) is 6.54 Å². The Hall–Kier alpha value is -1.84. The van der Waals surface area contributed by atoms with E-state index in [1.807, 2.05) is 0 Å². The van der Waals surface area contributed by atoms with E-state index in [0.717, 1.165) is 30.2 Å². The Balaban J connectivity index is 1.90. The van der Waals surface area contributed by atoms with Crippen molar-refractivity contribution < 1.29 is 0 Å². The third kappa shape index (κ3) is 3.31.